The molecule has 0 saturated heterocycles. The molecule has 0 radical (unpaired) electrons. The lowest BCUT2D eigenvalue weighted by Crippen LogP contribution is -2.55. The minimum Gasteiger partial charge on any atom is -0.364 e. The van der Waals surface area contributed by atoms with Crippen LogP contribution >= 0.6 is 24.0 Å². The Bertz CT molecular complexity index is 704. The van der Waals surface area contributed by atoms with Crippen LogP contribution in [0.3, 0.4) is 0 Å². The first-order chi connectivity index (χ1) is 12.0. The number of benzene rings is 1. The van der Waals surface area contributed by atoms with E-state index in [9.17, 15) is 0 Å². The number of rotatable bonds is 5. The van der Waals surface area contributed by atoms with Crippen molar-refractivity contribution in [3.63, 3.8) is 0 Å². The minimum atomic E-state index is 0. The first-order valence-electron chi connectivity index (χ1n) is 8.59. The Labute approximate surface area is 172 Å². The van der Waals surface area contributed by atoms with Crippen LogP contribution in [0.5, 0.6) is 0 Å². The second-order valence-corrected chi connectivity index (χ2v) is 6.99. The van der Waals surface area contributed by atoms with E-state index in [0.717, 1.165) is 31.0 Å². The highest BCUT2D eigenvalue weighted by Crippen LogP contribution is 2.33. The maximum atomic E-state index is 4.91. The molecule has 0 fully saturated rings. The number of aromatic nitrogens is 1. The molecule has 3 rings (SSSR count). The molecule has 1 heterocycles. The predicted octanol–water partition coefficient (Wildman–Crippen LogP) is 2.40. The number of aliphatic imine (C=N–C) groups is 1. The van der Waals surface area contributed by atoms with Crippen molar-refractivity contribution in [2.75, 3.05) is 34.7 Å². The highest BCUT2D eigenvalue weighted by molar-refractivity contribution is 14.0. The van der Waals surface area contributed by atoms with E-state index >= 15 is 0 Å². The summed E-state index contributed by atoms with van der Waals surface area (Å²) in [6.45, 7) is 1.50. The summed E-state index contributed by atoms with van der Waals surface area (Å²) in [5, 5.41) is 7.53. The van der Waals surface area contributed by atoms with Gasteiger partial charge < -0.3 is 19.6 Å². The van der Waals surface area contributed by atoms with E-state index in [2.05, 4.69) is 63.6 Å². The molecule has 1 aromatic carbocycles. The smallest absolute Gasteiger partial charge is 0.193 e. The standard InChI is InChI=1S/C19H27N5O.HI/c1-20-18(24(4)13-17-9-10-25-22-17)21-14-19(23(2)3)11-15-7-5-6-8-16(15)12-19;/h5-10H,11-14H2,1-4H3,(H,20,21);1H. The van der Waals surface area contributed by atoms with Gasteiger partial charge in [-0.25, -0.2) is 0 Å². The number of hydrogen-bond acceptors (Lipinski definition) is 4. The average Bonchev–Trinajstić information content (AvgIpc) is 3.22. The quantitative estimate of drug-likeness (QED) is 0.414. The van der Waals surface area contributed by atoms with E-state index < -0.39 is 0 Å². The van der Waals surface area contributed by atoms with Crippen LogP contribution in [0.15, 0.2) is 46.1 Å². The van der Waals surface area contributed by atoms with Crippen LogP contribution in [0.4, 0.5) is 0 Å². The molecular formula is C19H28IN5O. The summed E-state index contributed by atoms with van der Waals surface area (Å²) < 4.78 is 4.91. The molecule has 0 amide bonds. The van der Waals surface area contributed by atoms with E-state index in [-0.39, 0.29) is 29.5 Å². The predicted molar refractivity (Wildman–Crippen MR) is 115 cm³/mol. The van der Waals surface area contributed by atoms with E-state index in [1.807, 2.05) is 20.2 Å². The van der Waals surface area contributed by atoms with Gasteiger partial charge in [-0.3, -0.25) is 4.99 Å². The second kappa shape index (κ2) is 8.85. The fourth-order valence-electron chi connectivity index (χ4n) is 3.54. The van der Waals surface area contributed by atoms with Crippen LogP contribution in [-0.4, -0.2) is 61.2 Å². The Morgan fingerprint density at radius 3 is 2.35 bits per heavy atom. The van der Waals surface area contributed by atoms with Crippen molar-refractivity contribution in [3.8, 4) is 0 Å². The normalized spacial score (nSPS) is 15.5. The van der Waals surface area contributed by atoms with Gasteiger partial charge in [0.25, 0.3) is 0 Å². The molecule has 0 spiro atoms. The summed E-state index contributed by atoms with van der Waals surface area (Å²) in [5.41, 5.74) is 3.85. The van der Waals surface area contributed by atoms with Crippen molar-refractivity contribution >= 4 is 29.9 Å². The summed E-state index contributed by atoms with van der Waals surface area (Å²) in [7, 11) is 8.15. The lowest BCUT2D eigenvalue weighted by molar-refractivity contribution is 0.163. The highest BCUT2D eigenvalue weighted by atomic mass is 127. The van der Waals surface area contributed by atoms with Crippen molar-refractivity contribution in [3.05, 3.63) is 53.4 Å². The van der Waals surface area contributed by atoms with Gasteiger partial charge in [-0.05, 0) is 38.1 Å². The molecule has 26 heavy (non-hydrogen) atoms. The fourth-order valence-corrected chi connectivity index (χ4v) is 3.54. The Morgan fingerprint density at radius 2 is 1.85 bits per heavy atom. The van der Waals surface area contributed by atoms with Crippen molar-refractivity contribution in [2.24, 2.45) is 4.99 Å². The Hall–Kier alpha value is -1.61. The van der Waals surface area contributed by atoms with Crippen LogP contribution < -0.4 is 5.32 Å². The van der Waals surface area contributed by atoms with Crippen LogP contribution in [0, 0.1) is 0 Å². The molecule has 6 nitrogen and oxygen atoms in total. The molecule has 1 aromatic heterocycles. The molecule has 0 bridgehead atoms. The zero-order chi connectivity index (χ0) is 17.9. The van der Waals surface area contributed by atoms with Crippen LogP contribution in [0.1, 0.15) is 16.8 Å². The first kappa shape index (κ1) is 20.7. The van der Waals surface area contributed by atoms with Gasteiger partial charge in [0.15, 0.2) is 5.96 Å². The van der Waals surface area contributed by atoms with Gasteiger partial charge in [0.05, 0.1) is 6.54 Å². The zero-order valence-corrected chi connectivity index (χ0v) is 18.2. The Balaban J connectivity index is 0.00000243. The molecule has 1 aliphatic rings. The highest BCUT2D eigenvalue weighted by Gasteiger charge is 2.39. The van der Waals surface area contributed by atoms with Gasteiger partial charge >= 0.3 is 0 Å². The van der Waals surface area contributed by atoms with E-state index in [1.165, 1.54) is 11.1 Å². The lowest BCUT2D eigenvalue weighted by Gasteiger charge is -2.37. The topological polar surface area (TPSA) is 56.9 Å². The maximum Gasteiger partial charge on any atom is 0.193 e. The number of nitrogens with zero attached hydrogens (tertiary/aromatic N) is 4. The molecule has 2 aromatic rings. The number of nitrogens with one attached hydrogen (secondary N) is 1. The third kappa shape index (κ3) is 4.37. The summed E-state index contributed by atoms with van der Waals surface area (Å²) >= 11 is 0. The molecular weight excluding hydrogens is 441 g/mol. The van der Waals surface area contributed by atoms with Gasteiger partial charge in [-0.2, -0.15) is 0 Å². The Kier molecular flexibility index (Phi) is 7.05. The monoisotopic (exact) mass is 469 g/mol. The third-order valence-corrected chi connectivity index (χ3v) is 5.15. The van der Waals surface area contributed by atoms with Gasteiger partial charge in [0, 0.05) is 32.2 Å². The van der Waals surface area contributed by atoms with Crippen molar-refractivity contribution in [2.45, 2.75) is 24.9 Å². The summed E-state index contributed by atoms with van der Waals surface area (Å²) in [6, 6.07) is 10.6. The number of hydrogen-bond donors (Lipinski definition) is 1. The van der Waals surface area contributed by atoms with Crippen molar-refractivity contribution < 1.29 is 4.52 Å². The average molecular weight is 469 g/mol. The van der Waals surface area contributed by atoms with Crippen LogP contribution in [-0.2, 0) is 19.4 Å². The SMILES string of the molecule is CN=C(NCC1(N(C)C)Cc2ccccc2C1)N(C)Cc1ccon1.I. The minimum absolute atomic E-state index is 0. The van der Waals surface area contributed by atoms with Crippen LogP contribution in [0.25, 0.3) is 0 Å². The summed E-state index contributed by atoms with van der Waals surface area (Å²) in [6.07, 6.45) is 3.69. The number of guanidine groups is 1. The van der Waals surface area contributed by atoms with Gasteiger partial charge in [-0.1, -0.05) is 29.4 Å². The van der Waals surface area contributed by atoms with Gasteiger partial charge in [0.2, 0.25) is 0 Å². The van der Waals surface area contributed by atoms with E-state index in [0.29, 0.717) is 6.54 Å². The van der Waals surface area contributed by atoms with Gasteiger partial charge in [-0.15, -0.1) is 24.0 Å². The molecule has 0 aliphatic heterocycles. The molecule has 0 saturated carbocycles. The molecule has 0 unspecified atom stereocenters. The molecule has 1 N–H and O–H groups in total. The first-order valence-corrected chi connectivity index (χ1v) is 8.59. The largest absolute Gasteiger partial charge is 0.364 e. The molecule has 142 valence electrons. The third-order valence-electron chi connectivity index (χ3n) is 5.15. The van der Waals surface area contributed by atoms with Gasteiger partial charge in [0.1, 0.15) is 12.0 Å². The van der Waals surface area contributed by atoms with Crippen molar-refractivity contribution in [1.29, 1.82) is 0 Å². The number of likely N-dealkylation sites (N-methyl/N-ethyl adjacent to an activating group) is 1. The molecule has 0 atom stereocenters. The number of fused-ring (bicyclic) bond motifs is 1. The second-order valence-electron chi connectivity index (χ2n) is 6.99. The summed E-state index contributed by atoms with van der Waals surface area (Å²) in [5.74, 6) is 0.861. The zero-order valence-electron chi connectivity index (χ0n) is 15.9. The molecule has 7 heteroatoms. The number of halogens is 1. The van der Waals surface area contributed by atoms with E-state index in [1.54, 1.807) is 6.26 Å². The van der Waals surface area contributed by atoms with Crippen LogP contribution in [0.2, 0.25) is 0 Å². The molecule has 1 aliphatic carbocycles. The fraction of sp³-hybridized carbons (Fsp3) is 0.474. The van der Waals surface area contributed by atoms with E-state index in [4.69, 9.17) is 4.52 Å². The lowest BCUT2D eigenvalue weighted by atomic mass is 9.94. The van der Waals surface area contributed by atoms with Crippen molar-refractivity contribution in [1.82, 2.24) is 20.3 Å². The summed E-state index contributed by atoms with van der Waals surface area (Å²) in [4.78, 5) is 8.82. The maximum absolute atomic E-state index is 4.91. The Morgan fingerprint density at radius 1 is 1.19 bits per heavy atom.